The zero-order valence-electron chi connectivity index (χ0n) is 14.3. The molecule has 0 bridgehead atoms. The van der Waals surface area contributed by atoms with Crippen molar-refractivity contribution in [2.45, 2.75) is 20.0 Å². The Balaban J connectivity index is 1.74. The fourth-order valence-electron chi connectivity index (χ4n) is 2.54. The number of benzene rings is 2. The van der Waals surface area contributed by atoms with Gasteiger partial charge in [0, 0.05) is 6.42 Å². The molecule has 0 saturated heterocycles. The predicted molar refractivity (Wildman–Crippen MR) is 95.2 cm³/mol. The van der Waals surface area contributed by atoms with Crippen molar-refractivity contribution >= 4 is 5.78 Å². The van der Waals surface area contributed by atoms with Gasteiger partial charge in [0.15, 0.2) is 17.3 Å². The highest BCUT2D eigenvalue weighted by Crippen LogP contribution is 2.29. The number of carbonyl (C=O) groups is 1. The minimum Gasteiger partial charge on any atom is -0.493 e. The summed E-state index contributed by atoms with van der Waals surface area (Å²) in [6.07, 6.45) is 0.249. The second-order valence-corrected chi connectivity index (χ2v) is 5.77. The molecule has 0 aliphatic rings. The third kappa shape index (κ3) is 4.29. The van der Waals surface area contributed by atoms with Crippen LogP contribution >= 0.6 is 0 Å². The van der Waals surface area contributed by atoms with Crippen molar-refractivity contribution < 1.29 is 18.7 Å². The molecule has 0 radical (unpaired) electrons. The molecule has 0 saturated carbocycles. The molecule has 0 fully saturated rings. The summed E-state index contributed by atoms with van der Waals surface area (Å²) < 4.78 is 16.6. The summed E-state index contributed by atoms with van der Waals surface area (Å²) in [6.45, 7) is 2.26. The fraction of sp³-hybridized carbons (Fsp3) is 0.190. The average molecular weight is 336 g/mol. The van der Waals surface area contributed by atoms with Gasteiger partial charge < -0.3 is 13.9 Å². The van der Waals surface area contributed by atoms with Gasteiger partial charge in [-0.05, 0) is 42.3 Å². The van der Waals surface area contributed by atoms with Gasteiger partial charge in [-0.1, -0.05) is 36.4 Å². The van der Waals surface area contributed by atoms with Crippen LogP contribution in [0.2, 0.25) is 0 Å². The van der Waals surface area contributed by atoms with Gasteiger partial charge in [-0.25, -0.2) is 0 Å². The van der Waals surface area contributed by atoms with E-state index in [0.717, 1.165) is 16.9 Å². The third-order valence-electron chi connectivity index (χ3n) is 3.85. The predicted octanol–water partition coefficient (Wildman–Crippen LogP) is 4.60. The zero-order valence-corrected chi connectivity index (χ0v) is 14.3. The smallest absolute Gasteiger partial charge is 0.202 e. The lowest BCUT2D eigenvalue weighted by Gasteiger charge is -2.12. The molecule has 0 aliphatic heterocycles. The fourth-order valence-corrected chi connectivity index (χ4v) is 2.54. The topological polar surface area (TPSA) is 48.7 Å². The monoisotopic (exact) mass is 336 g/mol. The summed E-state index contributed by atoms with van der Waals surface area (Å²) in [5.41, 5.74) is 1.92. The first-order valence-electron chi connectivity index (χ1n) is 8.09. The molecule has 0 spiro atoms. The van der Waals surface area contributed by atoms with Crippen molar-refractivity contribution in [2.24, 2.45) is 0 Å². The number of aryl methyl sites for hydroxylation is 1. The highest BCUT2D eigenvalue weighted by atomic mass is 16.5. The first-order chi connectivity index (χ1) is 12.2. The second-order valence-electron chi connectivity index (χ2n) is 5.77. The van der Waals surface area contributed by atoms with Gasteiger partial charge in [0.2, 0.25) is 5.78 Å². The van der Waals surface area contributed by atoms with Crippen LogP contribution in [0.3, 0.4) is 0 Å². The molecule has 128 valence electrons. The molecule has 25 heavy (non-hydrogen) atoms. The summed E-state index contributed by atoms with van der Waals surface area (Å²) in [7, 11) is 1.60. The summed E-state index contributed by atoms with van der Waals surface area (Å²) >= 11 is 0. The Hall–Kier alpha value is -3.01. The number of hydrogen-bond donors (Lipinski definition) is 0. The number of ketones is 1. The van der Waals surface area contributed by atoms with Crippen LogP contribution in [0.1, 0.15) is 27.4 Å². The van der Waals surface area contributed by atoms with E-state index in [1.165, 1.54) is 0 Å². The molecule has 4 heteroatoms. The normalized spacial score (nSPS) is 10.5. The summed E-state index contributed by atoms with van der Waals surface area (Å²) in [5, 5.41) is 0. The van der Waals surface area contributed by atoms with Crippen molar-refractivity contribution in [3.8, 4) is 11.5 Å². The molecule has 2 aromatic carbocycles. The number of rotatable bonds is 7. The molecular formula is C21H20O4. The molecule has 1 heterocycles. The number of furan rings is 1. The maximum atomic E-state index is 12.3. The average Bonchev–Trinajstić information content (AvgIpc) is 3.07. The van der Waals surface area contributed by atoms with Crippen LogP contribution in [0.15, 0.2) is 65.1 Å². The summed E-state index contributed by atoms with van der Waals surface area (Å²) in [5.74, 6) is 2.30. The number of methoxy groups -OCH3 is 1. The Morgan fingerprint density at radius 2 is 1.76 bits per heavy atom. The SMILES string of the molecule is COc1ccc(CC(=O)c2ccc(C)o2)cc1OCc1ccccc1. The summed E-state index contributed by atoms with van der Waals surface area (Å²) in [6, 6.07) is 18.9. The van der Waals surface area contributed by atoms with E-state index in [0.29, 0.717) is 23.9 Å². The maximum absolute atomic E-state index is 12.3. The van der Waals surface area contributed by atoms with Crippen molar-refractivity contribution in [1.29, 1.82) is 0 Å². The summed E-state index contributed by atoms with van der Waals surface area (Å²) in [4.78, 5) is 12.3. The van der Waals surface area contributed by atoms with E-state index in [2.05, 4.69) is 0 Å². The Labute approximate surface area is 147 Å². The zero-order chi connectivity index (χ0) is 17.6. The van der Waals surface area contributed by atoms with Crippen molar-refractivity contribution in [1.82, 2.24) is 0 Å². The van der Waals surface area contributed by atoms with Crippen molar-refractivity contribution in [3.05, 3.63) is 83.3 Å². The van der Waals surface area contributed by atoms with E-state index in [1.54, 1.807) is 19.2 Å². The highest BCUT2D eigenvalue weighted by Gasteiger charge is 2.13. The minimum absolute atomic E-state index is 0.0627. The molecule has 0 amide bonds. The van der Waals surface area contributed by atoms with Gasteiger partial charge in [0.1, 0.15) is 12.4 Å². The molecule has 0 N–H and O–H groups in total. The van der Waals surface area contributed by atoms with Gasteiger partial charge in [0.25, 0.3) is 0 Å². The van der Waals surface area contributed by atoms with E-state index >= 15 is 0 Å². The first-order valence-corrected chi connectivity index (χ1v) is 8.09. The minimum atomic E-state index is -0.0627. The first kappa shape index (κ1) is 16.8. The van der Waals surface area contributed by atoms with E-state index < -0.39 is 0 Å². The quantitative estimate of drug-likeness (QED) is 0.592. The lowest BCUT2D eigenvalue weighted by Crippen LogP contribution is -2.03. The van der Waals surface area contributed by atoms with Crippen molar-refractivity contribution in [2.75, 3.05) is 7.11 Å². The van der Waals surface area contributed by atoms with Crippen LogP contribution in [0, 0.1) is 6.92 Å². The van der Waals surface area contributed by atoms with E-state index in [4.69, 9.17) is 13.9 Å². The number of Topliss-reactive ketones (excluding diaryl/α,β-unsaturated/α-hetero) is 1. The molecule has 0 aliphatic carbocycles. The Morgan fingerprint density at radius 3 is 2.44 bits per heavy atom. The molecule has 4 nitrogen and oxygen atoms in total. The standard InChI is InChI=1S/C21H20O4/c1-15-8-10-19(25-15)18(22)12-17-9-11-20(23-2)21(13-17)24-14-16-6-4-3-5-7-16/h3-11,13H,12,14H2,1-2H3. The number of ether oxygens (including phenoxy) is 2. The van der Waals surface area contributed by atoms with Crippen LogP contribution in [-0.2, 0) is 13.0 Å². The molecule has 3 aromatic rings. The van der Waals surface area contributed by atoms with E-state index in [9.17, 15) is 4.79 Å². The number of hydrogen-bond acceptors (Lipinski definition) is 4. The largest absolute Gasteiger partial charge is 0.493 e. The molecule has 3 rings (SSSR count). The van der Waals surface area contributed by atoms with Gasteiger partial charge in [0.05, 0.1) is 7.11 Å². The molecular weight excluding hydrogens is 316 g/mol. The van der Waals surface area contributed by atoms with Crippen LogP contribution in [0.4, 0.5) is 0 Å². The lowest BCUT2D eigenvalue weighted by atomic mass is 10.1. The number of carbonyl (C=O) groups excluding carboxylic acids is 1. The van der Waals surface area contributed by atoms with Gasteiger partial charge in [-0.2, -0.15) is 0 Å². The lowest BCUT2D eigenvalue weighted by molar-refractivity contribution is 0.0965. The van der Waals surface area contributed by atoms with E-state index in [1.807, 2.05) is 55.5 Å². The Kier molecular flexibility index (Phi) is 5.19. The molecule has 1 aromatic heterocycles. The third-order valence-corrected chi connectivity index (χ3v) is 3.85. The van der Waals surface area contributed by atoms with Gasteiger partial charge in [-0.3, -0.25) is 4.79 Å². The highest BCUT2D eigenvalue weighted by molar-refractivity contribution is 5.95. The molecule has 0 atom stereocenters. The van der Waals surface area contributed by atoms with Crippen LogP contribution in [0.25, 0.3) is 0 Å². The Bertz CT molecular complexity index is 849. The van der Waals surface area contributed by atoms with Crippen molar-refractivity contribution in [3.63, 3.8) is 0 Å². The molecule has 0 unspecified atom stereocenters. The van der Waals surface area contributed by atoms with Crippen LogP contribution in [0.5, 0.6) is 11.5 Å². The second kappa shape index (κ2) is 7.71. The van der Waals surface area contributed by atoms with E-state index in [-0.39, 0.29) is 12.2 Å². The Morgan fingerprint density at radius 1 is 0.960 bits per heavy atom. The van der Waals surface area contributed by atoms with Crippen LogP contribution < -0.4 is 9.47 Å². The van der Waals surface area contributed by atoms with Gasteiger partial charge >= 0.3 is 0 Å². The van der Waals surface area contributed by atoms with Crippen LogP contribution in [-0.4, -0.2) is 12.9 Å². The maximum Gasteiger partial charge on any atom is 0.202 e. The van der Waals surface area contributed by atoms with Gasteiger partial charge in [-0.15, -0.1) is 0 Å².